The van der Waals surface area contributed by atoms with Crippen LogP contribution in [0.3, 0.4) is 0 Å². The minimum absolute atomic E-state index is 0.277. The summed E-state index contributed by atoms with van der Waals surface area (Å²) in [6.45, 7) is 11.6. The average molecular weight is 264 g/mol. The Morgan fingerprint density at radius 3 is 2.25 bits per heavy atom. The van der Waals surface area contributed by atoms with Crippen LogP contribution >= 0.6 is 0 Å². The van der Waals surface area contributed by atoms with Crippen LogP contribution in [0.1, 0.15) is 59.6 Å². The molecule has 2 aromatic carbocycles. The van der Waals surface area contributed by atoms with E-state index in [2.05, 4.69) is 71.0 Å². The largest absolute Gasteiger partial charge is 0.0622 e. The van der Waals surface area contributed by atoms with Gasteiger partial charge in [-0.05, 0) is 66.0 Å². The van der Waals surface area contributed by atoms with Crippen LogP contribution in [0.25, 0.3) is 0 Å². The molecule has 104 valence electrons. The minimum Gasteiger partial charge on any atom is -0.0622 e. The van der Waals surface area contributed by atoms with Gasteiger partial charge in [0.1, 0.15) is 0 Å². The molecule has 0 fully saturated rings. The number of aryl methyl sites for hydroxylation is 1. The quantitative estimate of drug-likeness (QED) is 0.644. The van der Waals surface area contributed by atoms with Gasteiger partial charge < -0.3 is 0 Å². The van der Waals surface area contributed by atoms with Crippen molar-refractivity contribution < 1.29 is 0 Å². The Morgan fingerprint density at radius 1 is 0.950 bits per heavy atom. The molecule has 0 N–H and O–H groups in total. The maximum atomic E-state index is 2.43. The van der Waals surface area contributed by atoms with Gasteiger partial charge in [-0.25, -0.2) is 0 Å². The zero-order valence-corrected chi connectivity index (χ0v) is 13.2. The molecule has 1 aliphatic rings. The van der Waals surface area contributed by atoms with E-state index in [0.29, 0.717) is 5.92 Å². The Labute approximate surface area is 122 Å². The summed E-state index contributed by atoms with van der Waals surface area (Å²) >= 11 is 0. The third-order valence-corrected chi connectivity index (χ3v) is 5.20. The van der Waals surface area contributed by atoms with Crippen LogP contribution in [0, 0.1) is 20.8 Å². The van der Waals surface area contributed by atoms with E-state index >= 15 is 0 Å². The van der Waals surface area contributed by atoms with Crippen molar-refractivity contribution in [2.75, 3.05) is 0 Å². The smallest absolute Gasteiger partial charge is 0.0103 e. The molecule has 0 radical (unpaired) electrons. The van der Waals surface area contributed by atoms with E-state index in [4.69, 9.17) is 0 Å². The van der Waals surface area contributed by atoms with Crippen LogP contribution in [0.15, 0.2) is 36.4 Å². The van der Waals surface area contributed by atoms with Crippen LogP contribution in [-0.4, -0.2) is 0 Å². The van der Waals surface area contributed by atoms with E-state index in [-0.39, 0.29) is 5.41 Å². The van der Waals surface area contributed by atoms with Gasteiger partial charge in [0.25, 0.3) is 0 Å². The highest BCUT2D eigenvalue weighted by atomic mass is 14.4. The van der Waals surface area contributed by atoms with Gasteiger partial charge in [-0.1, -0.05) is 50.2 Å². The molecule has 0 nitrogen and oxygen atoms in total. The summed E-state index contributed by atoms with van der Waals surface area (Å²) in [5, 5.41) is 0. The van der Waals surface area contributed by atoms with Crippen molar-refractivity contribution in [2.45, 2.75) is 52.4 Å². The van der Waals surface area contributed by atoms with Crippen molar-refractivity contribution >= 4 is 0 Å². The average Bonchev–Trinajstić information content (AvgIpc) is 2.69. The van der Waals surface area contributed by atoms with Gasteiger partial charge in [-0.3, -0.25) is 0 Å². The lowest BCUT2D eigenvalue weighted by Gasteiger charge is -2.21. The molecule has 2 aromatic rings. The molecule has 0 heteroatoms. The van der Waals surface area contributed by atoms with Gasteiger partial charge in [0.05, 0.1) is 0 Å². The predicted molar refractivity (Wildman–Crippen MR) is 86.6 cm³/mol. The summed E-state index contributed by atoms with van der Waals surface area (Å²) in [6.07, 6.45) is 1.22. The van der Waals surface area contributed by atoms with Crippen molar-refractivity contribution in [3.8, 4) is 0 Å². The highest BCUT2D eigenvalue weighted by molar-refractivity contribution is 5.55. The van der Waals surface area contributed by atoms with Crippen molar-refractivity contribution in [3.63, 3.8) is 0 Å². The fourth-order valence-corrected chi connectivity index (χ4v) is 3.80. The molecule has 20 heavy (non-hydrogen) atoms. The van der Waals surface area contributed by atoms with Gasteiger partial charge in [-0.2, -0.15) is 0 Å². The van der Waals surface area contributed by atoms with E-state index in [1.54, 1.807) is 11.1 Å². The third-order valence-electron chi connectivity index (χ3n) is 5.20. The predicted octanol–water partition coefficient (Wildman–Crippen LogP) is 5.43. The number of benzene rings is 2. The molecule has 0 spiro atoms. The number of fused-ring (bicyclic) bond motifs is 1. The molecule has 0 amide bonds. The number of rotatable bonds is 1. The van der Waals surface area contributed by atoms with E-state index < -0.39 is 0 Å². The van der Waals surface area contributed by atoms with Crippen LogP contribution in [-0.2, 0) is 5.41 Å². The van der Waals surface area contributed by atoms with Crippen LogP contribution in [0.4, 0.5) is 0 Å². The van der Waals surface area contributed by atoms with Gasteiger partial charge >= 0.3 is 0 Å². The second-order valence-corrected chi connectivity index (χ2v) is 6.96. The second kappa shape index (κ2) is 4.48. The van der Waals surface area contributed by atoms with Crippen molar-refractivity contribution in [3.05, 3.63) is 69.8 Å². The maximum Gasteiger partial charge on any atom is 0.0103 e. The van der Waals surface area contributed by atoms with Gasteiger partial charge in [0, 0.05) is 5.92 Å². The highest BCUT2D eigenvalue weighted by Gasteiger charge is 2.38. The molecule has 3 rings (SSSR count). The lowest BCUT2D eigenvalue weighted by Crippen LogP contribution is -2.13. The van der Waals surface area contributed by atoms with Crippen LogP contribution in [0.5, 0.6) is 0 Å². The van der Waals surface area contributed by atoms with Gasteiger partial charge in [0.15, 0.2) is 0 Å². The topological polar surface area (TPSA) is 0 Å². The zero-order valence-electron chi connectivity index (χ0n) is 13.2. The first kappa shape index (κ1) is 13.4. The Hall–Kier alpha value is -1.56. The molecule has 0 aromatic heterocycles. The summed E-state index contributed by atoms with van der Waals surface area (Å²) in [5.41, 5.74) is 9.28. The SMILES string of the molecule is Cc1cc2c(c(C)c1C)C(c1ccccc1)CC2(C)C. The Bertz CT molecular complexity index is 647. The van der Waals surface area contributed by atoms with Gasteiger partial charge in [-0.15, -0.1) is 0 Å². The second-order valence-electron chi connectivity index (χ2n) is 6.96. The Balaban J connectivity index is 2.25. The standard InChI is InChI=1S/C20H24/c1-13-11-18-19(15(3)14(13)2)17(12-20(18,4)5)16-9-7-6-8-10-16/h6-11,17H,12H2,1-5H3. The monoisotopic (exact) mass is 264 g/mol. The maximum absolute atomic E-state index is 2.43. The fraction of sp³-hybridized carbons (Fsp3) is 0.400. The molecule has 1 atom stereocenters. The number of hydrogen-bond donors (Lipinski definition) is 0. The van der Waals surface area contributed by atoms with Crippen molar-refractivity contribution in [1.29, 1.82) is 0 Å². The molecule has 0 aliphatic heterocycles. The molecular weight excluding hydrogens is 240 g/mol. The lowest BCUT2D eigenvalue weighted by atomic mass is 9.84. The number of hydrogen-bond acceptors (Lipinski definition) is 0. The zero-order chi connectivity index (χ0) is 14.5. The Kier molecular flexibility index (Phi) is 3.01. The molecule has 0 saturated carbocycles. The molecule has 0 bridgehead atoms. The minimum atomic E-state index is 0.277. The van der Waals surface area contributed by atoms with E-state index in [1.165, 1.54) is 28.7 Å². The molecule has 1 aliphatic carbocycles. The molecular formula is C20H24. The molecule has 0 saturated heterocycles. The first-order chi connectivity index (χ1) is 9.42. The summed E-state index contributed by atoms with van der Waals surface area (Å²) in [7, 11) is 0. The summed E-state index contributed by atoms with van der Waals surface area (Å²) in [5.74, 6) is 0.556. The summed E-state index contributed by atoms with van der Waals surface area (Å²) < 4.78 is 0. The van der Waals surface area contributed by atoms with Crippen LogP contribution < -0.4 is 0 Å². The van der Waals surface area contributed by atoms with Crippen molar-refractivity contribution in [2.24, 2.45) is 0 Å². The fourth-order valence-electron chi connectivity index (χ4n) is 3.80. The van der Waals surface area contributed by atoms with Crippen LogP contribution in [0.2, 0.25) is 0 Å². The molecule has 1 unspecified atom stereocenters. The summed E-state index contributed by atoms with van der Waals surface area (Å²) in [6, 6.07) is 13.4. The first-order valence-electron chi connectivity index (χ1n) is 7.58. The van der Waals surface area contributed by atoms with Gasteiger partial charge in [0.2, 0.25) is 0 Å². The highest BCUT2D eigenvalue weighted by Crippen LogP contribution is 2.50. The van der Waals surface area contributed by atoms with E-state index in [0.717, 1.165) is 0 Å². The molecule has 0 heterocycles. The normalized spacial score (nSPS) is 19.9. The lowest BCUT2D eigenvalue weighted by molar-refractivity contribution is 0.499. The first-order valence-corrected chi connectivity index (χ1v) is 7.58. The van der Waals surface area contributed by atoms with E-state index in [1.807, 2.05) is 0 Å². The third kappa shape index (κ3) is 1.90. The Morgan fingerprint density at radius 2 is 1.60 bits per heavy atom. The summed E-state index contributed by atoms with van der Waals surface area (Å²) in [4.78, 5) is 0. The van der Waals surface area contributed by atoms with Crippen molar-refractivity contribution in [1.82, 2.24) is 0 Å². The van der Waals surface area contributed by atoms with E-state index in [9.17, 15) is 0 Å².